The quantitative estimate of drug-likeness (QED) is 0.536. The Hall–Kier alpha value is -1.59. The van der Waals surface area contributed by atoms with E-state index in [9.17, 15) is 4.79 Å². The molecule has 5 heteroatoms. The predicted molar refractivity (Wildman–Crippen MR) is 124 cm³/mol. The van der Waals surface area contributed by atoms with E-state index < -0.39 is 5.60 Å². The first kappa shape index (κ1) is 24.7. The predicted octanol–water partition coefficient (Wildman–Crippen LogP) is 5.21. The van der Waals surface area contributed by atoms with Crippen molar-refractivity contribution in [2.75, 3.05) is 38.2 Å². The first-order valence-electron chi connectivity index (χ1n) is 11.6. The van der Waals surface area contributed by atoms with E-state index in [1.54, 1.807) is 0 Å². The Morgan fingerprint density at radius 3 is 2.37 bits per heavy atom. The highest BCUT2D eigenvalue weighted by atomic mass is 16.5. The van der Waals surface area contributed by atoms with Crippen molar-refractivity contribution in [3.8, 4) is 5.75 Å². The maximum Gasteiger partial charge on any atom is 0.256 e. The summed E-state index contributed by atoms with van der Waals surface area (Å²) in [5.41, 5.74) is -0.0525. The highest BCUT2D eigenvalue weighted by molar-refractivity contribution is 5.97. The molecule has 30 heavy (non-hydrogen) atoms. The Labute approximate surface area is 183 Å². The monoisotopic (exact) mass is 418 g/mol. The molecule has 0 aromatic heterocycles. The summed E-state index contributed by atoms with van der Waals surface area (Å²) in [4.78, 5) is 15.4. The summed E-state index contributed by atoms with van der Waals surface area (Å²) in [5.74, 6) is 2.64. The number of benzene rings is 1. The van der Waals surface area contributed by atoms with Crippen LogP contribution in [0.4, 0.5) is 5.69 Å². The van der Waals surface area contributed by atoms with Crippen molar-refractivity contribution in [1.29, 1.82) is 0 Å². The molecule has 0 saturated carbocycles. The third-order valence-electron chi connectivity index (χ3n) is 5.64. The minimum absolute atomic E-state index is 0.0911. The highest BCUT2D eigenvalue weighted by Gasteiger charge is 2.35. The van der Waals surface area contributed by atoms with Crippen molar-refractivity contribution >= 4 is 11.6 Å². The Morgan fingerprint density at radius 2 is 1.80 bits per heavy atom. The van der Waals surface area contributed by atoms with Crippen LogP contribution in [0.15, 0.2) is 24.3 Å². The summed E-state index contributed by atoms with van der Waals surface area (Å²) >= 11 is 0. The molecule has 1 aromatic carbocycles. The Kier molecular flexibility index (Phi) is 9.63. The molecule has 1 saturated heterocycles. The molecule has 170 valence electrons. The second-order valence-corrected chi connectivity index (χ2v) is 9.71. The number of anilines is 1. The number of carbonyl (C=O) groups is 1. The number of likely N-dealkylation sites (tertiary alicyclic amines) is 1. The van der Waals surface area contributed by atoms with Gasteiger partial charge in [-0.25, -0.2) is 0 Å². The number of hydrogen-bond acceptors (Lipinski definition) is 4. The molecule has 1 amide bonds. The average molecular weight is 419 g/mol. The van der Waals surface area contributed by atoms with Gasteiger partial charge in [0.1, 0.15) is 18.0 Å². The van der Waals surface area contributed by atoms with Gasteiger partial charge in [-0.05, 0) is 68.2 Å². The lowest BCUT2D eigenvalue weighted by Gasteiger charge is -2.34. The van der Waals surface area contributed by atoms with E-state index in [2.05, 4.69) is 44.8 Å². The number of ether oxygens (including phenoxy) is 2. The lowest BCUT2D eigenvalue weighted by atomic mass is 9.92. The third kappa shape index (κ3) is 7.92. The smallest absolute Gasteiger partial charge is 0.256 e. The van der Waals surface area contributed by atoms with Gasteiger partial charge in [-0.3, -0.25) is 9.69 Å². The molecule has 0 unspecified atom stereocenters. The van der Waals surface area contributed by atoms with Crippen molar-refractivity contribution in [1.82, 2.24) is 4.90 Å². The van der Waals surface area contributed by atoms with Crippen LogP contribution < -0.4 is 10.1 Å². The summed E-state index contributed by atoms with van der Waals surface area (Å²) < 4.78 is 11.9. The first-order valence-corrected chi connectivity index (χ1v) is 11.6. The summed E-state index contributed by atoms with van der Waals surface area (Å²) in [5, 5.41) is 3.01. The molecule has 2 rings (SSSR count). The Balaban J connectivity index is 1.84. The second kappa shape index (κ2) is 11.7. The van der Waals surface area contributed by atoms with E-state index in [1.165, 1.54) is 6.42 Å². The number of rotatable bonds is 11. The zero-order valence-corrected chi connectivity index (χ0v) is 19.9. The minimum Gasteiger partial charge on any atom is -0.492 e. The molecule has 1 heterocycles. The van der Waals surface area contributed by atoms with Crippen LogP contribution in [0.1, 0.15) is 60.8 Å². The van der Waals surface area contributed by atoms with Gasteiger partial charge in [-0.15, -0.1) is 0 Å². The van der Waals surface area contributed by atoms with Gasteiger partial charge in [0.2, 0.25) is 0 Å². The SMILES string of the molecule is CCCO[C@@](C)(CC(C)C)C(=O)Nc1ccc(OCCN2C[C@H](C)C[C@@H](C)C2)cc1. The summed E-state index contributed by atoms with van der Waals surface area (Å²) in [6, 6.07) is 7.63. The fraction of sp³-hybridized carbons (Fsp3) is 0.720. The van der Waals surface area contributed by atoms with E-state index in [-0.39, 0.29) is 5.91 Å². The number of amides is 1. The largest absolute Gasteiger partial charge is 0.492 e. The van der Waals surface area contributed by atoms with E-state index in [0.717, 1.165) is 49.3 Å². The van der Waals surface area contributed by atoms with E-state index in [0.29, 0.717) is 25.6 Å². The fourth-order valence-corrected chi connectivity index (χ4v) is 4.49. The van der Waals surface area contributed by atoms with Gasteiger partial charge < -0.3 is 14.8 Å². The second-order valence-electron chi connectivity index (χ2n) is 9.71. The molecule has 5 nitrogen and oxygen atoms in total. The zero-order valence-electron chi connectivity index (χ0n) is 19.9. The van der Waals surface area contributed by atoms with Gasteiger partial charge in [-0.1, -0.05) is 34.6 Å². The maximum absolute atomic E-state index is 12.9. The van der Waals surface area contributed by atoms with Crippen LogP contribution in [-0.2, 0) is 9.53 Å². The van der Waals surface area contributed by atoms with Crippen molar-refractivity contribution in [2.45, 2.75) is 66.4 Å². The standard InChI is InChI=1S/C25H42N2O3/c1-7-13-30-25(6,16-19(2)3)24(28)26-22-8-10-23(11-9-22)29-14-12-27-17-20(4)15-21(5)18-27/h8-11,19-21H,7,12-18H2,1-6H3,(H,26,28)/t20-,21-,25+/m1/s1. The maximum atomic E-state index is 12.9. The molecular formula is C25H42N2O3. The molecule has 0 bridgehead atoms. The zero-order chi connectivity index (χ0) is 22.1. The van der Waals surface area contributed by atoms with E-state index >= 15 is 0 Å². The van der Waals surface area contributed by atoms with Crippen LogP contribution in [0.25, 0.3) is 0 Å². The van der Waals surface area contributed by atoms with Crippen LogP contribution in [0.5, 0.6) is 5.75 Å². The molecule has 0 spiro atoms. The van der Waals surface area contributed by atoms with Crippen LogP contribution in [0, 0.1) is 17.8 Å². The molecule has 1 aliphatic heterocycles. The molecular weight excluding hydrogens is 376 g/mol. The van der Waals surface area contributed by atoms with Crippen molar-refractivity contribution < 1.29 is 14.3 Å². The first-order chi connectivity index (χ1) is 14.2. The summed E-state index contributed by atoms with van der Waals surface area (Å²) in [7, 11) is 0. The fourth-order valence-electron chi connectivity index (χ4n) is 4.49. The Bertz CT molecular complexity index is 636. The minimum atomic E-state index is -0.817. The Morgan fingerprint density at radius 1 is 1.17 bits per heavy atom. The van der Waals surface area contributed by atoms with Gasteiger partial charge in [-0.2, -0.15) is 0 Å². The van der Waals surface area contributed by atoms with Gasteiger partial charge in [0.25, 0.3) is 5.91 Å². The molecule has 0 radical (unpaired) electrons. The number of nitrogens with zero attached hydrogens (tertiary/aromatic N) is 1. The van der Waals surface area contributed by atoms with Gasteiger partial charge in [0.05, 0.1) is 0 Å². The average Bonchev–Trinajstić information content (AvgIpc) is 2.66. The number of hydrogen-bond donors (Lipinski definition) is 1. The van der Waals surface area contributed by atoms with Gasteiger partial charge >= 0.3 is 0 Å². The topological polar surface area (TPSA) is 50.8 Å². The van der Waals surface area contributed by atoms with Crippen LogP contribution in [0.2, 0.25) is 0 Å². The van der Waals surface area contributed by atoms with Crippen molar-refractivity contribution in [3.05, 3.63) is 24.3 Å². The van der Waals surface area contributed by atoms with Crippen LogP contribution in [-0.4, -0.2) is 49.3 Å². The third-order valence-corrected chi connectivity index (χ3v) is 5.64. The van der Waals surface area contributed by atoms with Crippen molar-refractivity contribution in [3.63, 3.8) is 0 Å². The molecule has 1 fully saturated rings. The molecule has 1 aliphatic rings. The van der Waals surface area contributed by atoms with E-state index in [1.807, 2.05) is 31.2 Å². The molecule has 3 atom stereocenters. The normalized spacial score (nSPS) is 22.0. The molecule has 1 N–H and O–H groups in total. The summed E-state index contributed by atoms with van der Waals surface area (Å²) in [6.45, 7) is 17.4. The van der Waals surface area contributed by atoms with Crippen LogP contribution in [0.3, 0.4) is 0 Å². The molecule has 1 aromatic rings. The lowest BCUT2D eigenvalue weighted by Crippen LogP contribution is -2.44. The highest BCUT2D eigenvalue weighted by Crippen LogP contribution is 2.25. The number of piperidine rings is 1. The van der Waals surface area contributed by atoms with Gasteiger partial charge in [0, 0.05) is 31.9 Å². The lowest BCUT2D eigenvalue weighted by molar-refractivity contribution is -0.141. The molecule has 0 aliphatic carbocycles. The van der Waals surface area contributed by atoms with Crippen LogP contribution >= 0.6 is 0 Å². The van der Waals surface area contributed by atoms with Gasteiger partial charge in [0.15, 0.2) is 0 Å². The van der Waals surface area contributed by atoms with E-state index in [4.69, 9.17) is 9.47 Å². The number of carbonyl (C=O) groups excluding carboxylic acids is 1. The number of nitrogens with one attached hydrogen (secondary N) is 1. The van der Waals surface area contributed by atoms with Crippen molar-refractivity contribution in [2.24, 2.45) is 17.8 Å². The summed E-state index contributed by atoms with van der Waals surface area (Å²) in [6.07, 6.45) is 2.90.